The third-order valence-electron chi connectivity index (χ3n) is 12.6. The summed E-state index contributed by atoms with van der Waals surface area (Å²) in [5, 5.41) is 18.2. The summed E-state index contributed by atoms with van der Waals surface area (Å²) < 4.78 is 97.7. The van der Waals surface area contributed by atoms with Crippen molar-refractivity contribution < 1.29 is 54.6 Å². The first kappa shape index (κ1) is 50.8. The van der Waals surface area contributed by atoms with Gasteiger partial charge in [-0.05, 0) is 36.3 Å². The molecule has 2 unspecified atom stereocenters. The van der Waals surface area contributed by atoms with Gasteiger partial charge in [-0.2, -0.15) is 15.5 Å². The number of aromatic amines is 2. The van der Waals surface area contributed by atoms with Gasteiger partial charge in [-0.3, -0.25) is 50.8 Å². The molecule has 0 amide bonds. The quantitative estimate of drug-likeness (QED) is 0.0920. The molecule has 25 nitrogen and oxygen atoms in total. The number of nitrogen functional groups attached to an aromatic ring is 1. The lowest BCUT2D eigenvalue weighted by molar-refractivity contribution is -0.0703. The highest BCUT2D eigenvalue weighted by Crippen LogP contribution is 2.59. The third-order valence-corrected chi connectivity index (χ3v) is 24.5. The number of fused-ring (bicyclic) bond motifs is 4. The van der Waals surface area contributed by atoms with Gasteiger partial charge in [0.25, 0.3) is 11.1 Å². The molecule has 4 N–H and O–H groups in total. The predicted octanol–water partition coefficient (Wildman–Crippen LogP) is 5.30. The monoisotopic (exact) mass is 1010 g/mol. The summed E-state index contributed by atoms with van der Waals surface area (Å²) in [6.45, 7) is 17.8. The van der Waals surface area contributed by atoms with Crippen LogP contribution in [0.15, 0.2) is 28.6 Å². The molecular formula is C38H57N11O14P2Si2. The van der Waals surface area contributed by atoms with Crippen LogP contribution in [0.1, 0.15) is 66.8 Å². The number of nitrogens with two attached hydrogens (primary N) is 1. The number of nitrogens with zero attached hydrogens (tertiary/aromatic N) is 8. The SMILES string of the molecule is CC(C)(C)[Si](C)(C)O[C@@H]1[C@@H]2OP(=O)(OCCC#N)OC[C@H]3O[C@@H](n4cnc5c(=O)[nH]c(N)nc54)[C@H](O[Si](C)(C)C(C)(C)C)[C@@H]3OP(=O)(OCCC#N)OC[C@H]2O[C@H]1n1cnc2c(=O)[nH]cnc21. The highest BCUT2D eigenvalue weighted by atomic mass is 31.2. The highest BCUT2D eigenvalue weighted by Gasteiger charge is 2.59. The van der Waals surface area contributed by atoms with Crippen LogP contribution >= 0.6 is 15.6 Å². The Labute approximate surface area is 387 Å². The van der Waals surface area contributed by atoms with E-state index in [9.17, 15) is 20.1 Å². The van der Waals surface area contributed by atoms with E-state index in [0.717, 1.165) is 0 Å². The van der Waals surface area contributed by atoms with Gasteiger partial charge in [-0.25, -0.2) is 24.1 Å². The number of phosphoric ester groups is 2. The van der Waals surface area contributed by atoms with Crippen molar-refractivity contribution in [3.05, 3.63) is 39.7 Å². The van der Waals surface area contributed by atoms with Gasteiger partial charge in [0.2, 0.25) is 5.95 Å². The Hall–Kier alpha value is -4.03. The standard InChI is InChI=1S/C38H57N11O14P2Si2/c1-37(2,3)66(7,8)62-28-26-22(58-34(28)48-20-44-24-30(48)42-19-43-32(24)50)17-56-65(53,55-16-12-14-40)61-27-23(18-57-64(52,60-26)54-15-11-13-39)59-35(29(27)63-67(9,10)38(4,5)6)49-21-45-25-31(49)46-36(41)47-33(25)51/h19-23,26-29,34-35H,11-12,15-18H2,1-10H3,(H,42,43,50)(H3,41,46,47,51)/t22-,23-,26-,27-,28-,29-,34-,35-,64?,65?/m1/s1. The second-order valence-electron chi connectivity index (χ2n) is 19.3. The van der Waals surface area contributed by atoms with E-state index in [4.69, 9.17) is 51.2 Å². The first-order valence-electron chi connectivity index (χ1n) is 21.5. The molecule has 0 radical (unpaired) electrons. The highest BCUT2D eigenvalue weighted by molar-refractivity contribution is 7.48. The van der Waals surface area contributed by atoms with E-state index in [-0.39, 0.29) is 41.1 Å². The third kappa shape index (κ3) is 10.5. The van der Waals surface area contributed by atoms with E-state index in [1.807, 2.05) is 79.9 Å². The van der Waals surface area contributed by atoms with Gasteiger partial charge in [0, 0.05) is 0 Å². The van der Waals surface area contributed by atoms with Crippen molar-refractivity contribution in [1.29, 1.82) is 10.5 Å². The van der Waals surface area contributed by atoms with E-state index < -0.39 is 129 Å². The van der Waals surface area contributed by atoms with Gasteiger partial charge < -0.3 is 29.0 Å². The van der Waals surface area contributed by atoms with E-state index in [2.05, 4.69) is 29.9 Å². The zero-order valence-electron chi connectivity index (χ0n) is 38.9. The van der Waals surface area contributed by atoms with Crippen molar-refractivity contribution in [2.24, 2.45) is 0 Å². The number of rotatable bonds is 12. The summed E-state index contributed by atoms with van der Waals surface area (Å²) in [6.07, 6.45) is -6.98. The molecule has 0 aliphatic carbocycles. The van der Waals surface area contributed by atoms with Gasteiger partial charge in [0.1, 0.15) is 36.6 Å². The fourth-order valence-electron chi connectivity index (χ4n) is 7.08. The molecular weight excluding hydrogens is 953 g/mol. The molecule has 0 saturated carbocycles. The molecule has 3 aliphatic heterocycles. The Morgan fingerprint density at radius 2 is 1.21 bits per heavy atom. The van der Waals surface area contributed by atoms with Gasteiger partial charge >= 0.3 is 15.6 Å². The second kappa shape index (κ2) is 19.1. The van der Waals surface area contributed by atoms with E-state index in [0.29, 0.717) is 0 Å². The van der Waals surface area contributed by atoms with E-state index in [1.165, 1.54) is 28.1 Å². The number of H-pyrrole nitrogens is 2. The maximum atomic E-state index is 15.2. The smallest absolute Gasteiger partial charge is 0.407 e. The number of phosphoric acid groups is 2. The predicted molar refractivity (Wildman–Crippen MR) is 242 cm³/mol. The van der Waals surface area contributed by atoms with Crippen LogP contribution in [0.5, 0.6) is 0 Å². The molecule has 67 heavy (non-hydrogen) atoms. The van der Waals surface area contributed by atoms with Crippen molar-refractivity contribution in [3.63, 3.8) is 0 Å². The molecule has 366 valence electrons. The maximum Gasteiger partial charge on any atom is 0.475 e. The molecule has 3 fully saturated rings. The zero-order chi connectivity index (χ0) is 48.9. The molecule has 29 heteroatoms. The van der Waals surface area contributed by atoms with Crippen molar-refractivity contribution in [2.75, 3.05) is 32.2 Å². The lowest BCUT2D eigenvalue weighted by Crippen LogP contribution is -2.50. The summed E-state index contributed by atoms with van der Waals surface area (Å²) in [4.78, 5) is 47.9. The minimum atomic E-state index is -4.84. The molecule has 0 bridgehead atoms. The van der Waals surface area contributed by atoms with Gasteiger partial charge in [0.15, 0.2) is 51.4 Å². The first-order valence-corrected chi connectivity index (χ1v) is 30.2. The van der Waals surface area contributed by atoms with Crippen molar-refractivity contribution in [3.8, 4) is 12.1 Å². The number of anilines is 1. The molecule has 0 spiro atoms. The van der Waals surface area contributed by atoms with Gasteiger partial charge in [-0.15, -0.1) is 0 Å². The Kier molecular flexibility index (Phi) is 14.5. The van der Waals surface area contributed by atoms with Crippen LogP contribution in [-0.4, -0.2) is 119 Å². The Morgan fingerprint density at radius 3 is 1.66 bits per heavy atom. The topological polar surface area (TPSA) is 327 Å². The molecule has 4 aromatic rings. The van der Waals surface area contributed by atoms with E-state index in [1.54, 1.807) is 0 Å². The average molecular weight is 1010 g/mol. The number of ether oxygens (including phenoxy) is 2. The van der Waals surface area contributed by atoms with Gasteiger partial charge in [0.05, 0.1) is 70.4 Å². The average Bonchev–Trinajstić information content (AvgIpc) is 4.00. The molecule has 7 rings (SSSR count). The number of nitriles is 2. The molecule has 3 saturated heterocycles. The van der Waals surface area contributed by atoms with Crippen LogP contribution in [0, 0.1) is 22.7 Å². The first-order chi connectivity index (χ1) is 31.3. The minimum Gasteiger partial charge on any atom is -0.407 e. The van der Waals surface area contributed by atoms with E-state index >= 15 is 9.13 Å². The number of hydrogen-bond donors (Lipinski definition) is 3. The van der Waals surface area contributed by atoms with Crippen LogP contribution in [0.25, 0.3) is 22.3 Å². The Bertz CT molecular complexity index is 2760. The maximum absolute atomic E-state index is 15.2. The number of nitrogens with one attached hydrogen (secondary N) is 2. The van der Waals surface area contributed by atoms with Crippen molar-refractivity contribution in [2.45, 2.75) is 140 Å². The fraction of sp³-hybridized carbons (Fsp3) is 0.684. The Morgan fingerprint density at radius 1 is 0.761 bits per heavy atom. The lowest BCUT2D eigenvalue weighted by atomic mass is 10.1. The summed E-state index contributed by atoms with van der Waals surface area (Å²) in [5.74, 6) is -0.210. The summed E-state index contributed by atoms with van der Waals surface area (Å²) in [5.41, 5.74) is 4.89. The number of imidazole rings is 2. The summed E-state index contributed by atoms with van der Waals surface area (Å²) in [7, 11) is -15.4. The van der Waals surface area contributed by atoms with Crippen LogP contribution in [0.3, 0.4) is 0 Å². The molecule has 3 aliphatic rings. The van der Waals surface area contributed by atoms with Gasteiger partial charge in [-0.1, -0.05) is 41.5 Å². The second-order valence-corrected chi connectivity index (χ2v) is 32.0. The van der Waals surface area contributed by atoms with Crippen molar-refractivity contribution in [1.82, 2.24) is 39.0 Å². The van der Waals surface area contributed by atoms with Crippen molar-refractivity contribution >= 4 is 60.6 Å². The molecule has 4 aromatic heterocycles. The van der Waals surface area contributed by atoms with Crippen LogP contribution < -0.4 is 16.9 Å². The lowest BCUT2D eigenvalue weighted by Gasteiger charge is -2.41. The van der Waals surface area contributed by atoms with Crippen LogP contribution in [-0.2, 0) is 54.6 Å². The largest absolute Gasteiger partial charge is 0.475 e. The number of hydrogen-bond acceptors (Lipinski definition) is 21. The van der Waals surface area contributed by atoms with Crippen LogP contribution in [0.2, 0.25) is 36.3 Å². The Balaban J connectivity index is 1.37. The minimum absolute atomic E-state index is 0.00747. The summed E-state index contributed by atoms with van der Waals surface area (Å²) >= 11 is 0. The zero-order valence-corrected chi connectivity index (χ0v) is 42.6. The molecule has 0 aromatic carbocycles. The summed E-state index contributed by atoms with van der Waals surface area (Å²) in [6, 6.07) is 3.91. The molecule has 10 atom stereocenters. The number of aromatic nitrogens is 8. The fourth-order valence-corrected chi connectivity index (χ4v) is 12.4. The molecule has 7 heterocycles. The van der Waals surface area contributed by atoms with Crippen LogP contribution in [0.4, 0.5) is 5.95 Å². The normalized spacial score (nSPS) is 30.0.